The molecule has 1 aromatic rings. The quantitative estimate of drug-likeness (QED) is 0.777. The van der Waals surface area contributed by atoms with Crippen LogP contribution in [-0.4, -0.2) is 16.8 Å². The van der Waals surface area contributed by atoms with Gasteiger partial charge in [0, 0.05) is 6.61 Å². The number of hydrogen-bond acceptors (Lipinski definition) is 2. The molecule has 1 aromatic carbocycles. The van der Waals surface area contributed by atoms with Crippen LogP contribution in [0.25, 0.3) is 0 Å². The molecule has 0 radical (unpaired) electrons. The van der Waals surface area contributed by atoms with E-state index in [2.05, 4.69) is 13.8 Å². The van der Waals surface area contributed by atoms with Crippen molar-refractivity contribution in [3.05, 3.63) is 28.8 Å². The number of benzene rings is 1. The van der Waals surface area contributed by atoms with Crippen molar-refractivity contribution in [2.75, 3.05) is 6.61 Å². The number of aliphatic hydroxyl groups excluding tert-OH is 1. The summed E-state index contributed by atoms with van der Waals surface area (Å²) in [5, 5.41) is 19.0. The molecule has 2 heteroatoms. The minimum absolute atomic E-state index is 0.169. The van der Waals surface area contributed by atoms with Crippen LogP contribution in [0.1, 0.15) is 43.4 Å². The van der Waals surface area contributed by atoms with Gasteiger partial charge in [-0.05, 0) is 36.0 Å². The monoisotopic (exact) mass is 222 g/mol. The molecule has 0 amide bonds. The first-order valence-corrected chi connectivity index (χ1v) is 6.17. The molecule has 1 rings (SSSR count). The third-order valence-corrected chi connectivity index (χ3v) is 2.77. The molecule has 2 nitrogen and oxygen atoms in total. The second kappa shape index (κ2) is 6.54. The number of aromatic hydroxyl groups is 1. The fourth-order valence-electron chi connectivity index (χ4n) is 2.03. The highest BCUT2D eigenvalue weighted by molar-refractivity contribution is 5.44. The molecule has 0 fully saturated rings. The van der Waals surface area contributed by atoms with E-state index in [9.17, 15) is 5.11 Å². The summed E-state index contributed by atoms with van der Waals surface area (Å²) in [6, 6.07) is 4.04. The van der Waals surface area contributed by atoms with Gasteiger partial charge in [-0.2, -0.15) is 0 Å². The highest BCUT2D eigenvalue weighted by Crippen LogP contribution is 2.27. The number of rotatable bonds is 6. The minimum atomic E-state index is 0.169. The number of phenols is 1. The average Bonchev–Trinajstić information content (AvgIpc) is 2.26. The normalized spacial score (nSPS) is 10.7. The highest BCUT2D eigenvalue weighted by Gasteiger charge is 2.08. The first kappa shape index (κ1) is 13.0. The van der Waals surface area contributed by atoms with Crippen molar-refractivity contribution in [1.29, 1.82) is 0 Å². The Balaban J connectivity index is 3.05. The van der Waals surface area contributed by atoms with Crippen molar-refractivity contribution in [2.45, 2.75) is 46.0 Å². The maximum Gasteiger partial charge on any atom is 0.121 e. The Bertz CT molecular complexity index is 305. The Morgan fingerprint density at radius 1 is 0.938 bits per heavy atom. The average molecular weight is 222 g/mol. The fraction of sp³-hybridized carbons (Fsp3) is 0.571. The van der Waals surface area contributed by atoms with Crippen LogP contribution >= 0.6 is 0 Å². The lowest BCUT2D eigenvalue weighted by Gasteiger charge is -2.12. The third-order valence-electron chi connectivity index (χ3n) is 2.77. The lowest BCUT2D eigenvalue weighted by molar-refractivity contribution is 0.299. The molecule has 0 aliphatic heterocycles. The van der Waals surface area contributed by atoms with Crippen LogP contribution in [0.5, 0.6) is 5.75 Å². The van der Waals surface area contributed by atoms with E-state index < -0.39 is 0 Å². The number of phenolic OH excluding ortho intramolecular Hbond substituents is 1. The molecular formula is C14H22O2. The van der Waals surface area contributed by atoms with Crippen LogP contribution in [0.4, 0.5) is 0 Å². The Kier molecular flexibility index (Phi) is 5.33. The predicted octanol–water partition coefficient (Wildman–Crippen LogP) is 2.83. The SMILES string of the molecule is CCCc1cc(CCO)cc(CCC)c1O. The highest BCUT2D eigenvalue weighted by atomic mass is 16.3. The summed E-state index contributed by atoms with van der Waals surface area (Å²) < 4.78 is 0. The van der Waals surface area contributed by atoms with Gasteiger partial charge in [0.15, 0.2) is 0 Å². The van der Waals surface area contributed by atoms with E-state index in [4.69, 9.17) is 5.11 Å². The van der Waals surface area contributed by atoms with Crippen LogP contribution < -0.4 is 0 Å². The van der Waals surface area contributed by atoms with Crippen molar-refractivity contribution in [1.82, 2.24) is 0 Å². The summed E-state index contributed by atoms with van der Waals surface area (Å²) in [6.45, 7) is 4.39. The van der Waals surface area contributed by atoms with Crippen molar-refractivity contribution in [3.8, 4) is 5.75 Å². The van der Waals surface area contributed by atoms with E-state index >= 15 is 0 Å². The Morgan fingerprint density at radius 3 is 1.81 bits per heavy atom. The van der Waals surface area contributed by atoms with Crippen LogP contribution in [0.15, 0.2) is 12.1 Å². The molecule has 16 heavy (non-hydrogen) atoms. The minimum Gasteiger partial charge on any atom is -0.507 e. The van der Waals surface area contributed by atoms with Crippen LogP contribution in [0.2, 0.25) is 0 Å². The van der Waals surface area contributed by atoms with Gasteiger partial charge in [-0.15, -0.1) is 0 Å². The zero-order chi connectivity index (χ0) is 12.0. The first-order valence-electron chi connectivity index (χ1n) is 6.17. The predicted molar refractivity (Wildman–Crippen MR) is 66.9 cm³/mol. The molecular weight excluding hydrogens is 200 g/mol. The lowest BCUT2D eigenvalue weighted by atomic mass is 9.97. The van der Waals surface area contributed by atoms with E-state index in [0.717, 1.165) is 42.4 Å². The summed E-state index contributed by atoms with van der Waals surface area (Å²) in [5.74, 6) is 0.463. The Labute approximate surface area is 97.9 Å². The molecule has 0 spiro atoms. The molecule has 0 aliphatic rings. The smallest absolute Gasteiger partial charge is 0.121 e. The van der Waals surface area contributed by atoms with Gasteiger partial charge < -0.3 is 10.2 Å². The van der Waals surface area contributed by atoms with Gasteiger partial charge in [0.05, 0.1) is 0 Å². The molecule has 90 valence electrons. The van der Waals surface area contributed by atoms with E-state index in [1.165, 1.54) is 0 Å². The topological polar surface area (TPSA) is 40.5 Å². The van der Waals surface area contributed by atoms with E-state index in [1.807, 2.05) is 12.1 Å². The zero-order valence-electron chi connectivity index (χ0n) is 10.3. The summed E-state index contributed by atoms with van der Waals surface area (Å²) in [6.07, 6.45) is 4.54. The van der Waals surface area contributed by atoms with E-state index in [-0.39, 0.29) is 6.61 Å². The number of aryl methyl sites for hydroxylation is 2. The van der Waals surface area contributed by atoms with Crippen LogP contribution in [0, 0.1) is 0 Å². The van der Waals surface area contributed by atoms with Crippen molar-refractivity contribution >= 4 is 0 Å². The standard InChI is InChI=1S/C14H22O2/c1-3-5-12-9-11(7-8-15)10-13(6-4-2)14(12)16/h9-10,15-16H,3-8H2,1-2H3. The van der Waals surface area contributed by atoms with Gasteiger partial charge in [-0.25, -0.2) is 0 Å². The van der Waals surface area contributed by atoms with Crippen molar-refractivity contribution < 1.29 is 10.2 Å². The zero-order valence-corrected chi connectivity index (χ0v) is 10.3. The molecule has 0 aromatic heterocycles. The summed E-state index contributed by atoms with van der Waals surface area (Å²) in [4.78, 5) is 0. The molecule has 0 atom stereocenters. The van der Waals surface area contributed by atoms with E-state index in [1.54, 1.807) is 0 Å². The first-order chi connectivity index (χ1) is 7.72. The second-order valence-corrected chi connectivity index (χ2v) is 4.24. The number of aliphatic hydroxyl groups is 1. The largest absolute Gasteiger partial charge is 0.507 e. The summed E-state index contributed by atoms with van der Waals surface area (Å²) in [7, 11) is 0. The molecule has 0 heterocycles. The van der Waals surface area contributed by atoms with Gasteiger partial charge >= 0.3 is 0 Å². The van der Waals surface area contributed by atoms with Crippen LogP contribution in [0.3, 0.4) is 0 Å². The molecule has 2 N–H and O–H groups in total. The molecule has 0 unspecified atom stereocenters. The molecule has 0 bridgehead atoms. The lowest BCUT2D eigenvalue weighted by Crippen LogP contribution is -1.97. The van der Waals surface area contributed by atoms with Crippen LogP contribution in [-0.2, 0) is 19.3 Å². The Morgan fingerprint density at radius 2 is 1.44 bits per heavy atom. The van der Waals surface area contributed by atoms with Gasteiger partial charge in [0.2, 0.25) is 0 Å². The van der Waals surface area contributed by atoms with Gasteiger partial charge in [0.1, 0.15) is 5.75 Å². The van der Waals surface area contributed by atoms with Crippen molar-refractivity contribution in [2.24, 2.45) is 0 Å². The molecule has 0 saturated carbocycles. The van der Waals surface area contributed by atoms with Gasteiger partial charge in [-0.1, -0.05) is 38.8 Å². The maximum atomic E-state index is 10.1. The molecule has 0 saturated heterocycles. The van der Waals surface area contributed by atoms with E-state index in [0.29, 0.717) is 12.2 Å². The van der Waals surface area contributed by atoms with Gasteiger partial charge in [-0.3, -0.25) is 0 Å². The van der Waals surface area contributed by atoms with Gasteiger partial charge in [0.25, 0.3) is 0 Å². The second-order valence-electron chi connectivity index (χ2n) is 4.24. The summed E-state index contributed by atoms with van der Waals surface area (Å²) in [5.41, 5.74) is 3.18. The Hall–Kier alpha value is -1.02. The number of hydrogen-bond donors (Lipinski definition) is 2. The van der Waals surface area contributed by atoms with Crippen molar-refractivity contribution in [3.63, 3.8) is 0 Å². The maximum absolute atomic E-state index is 10.1. The fourth-order valence-corrected chi connectivity index (χ4v) is 2.03. The molecule has 0 aliphatic carbocycles. The summed E-state index contributed by atoms with van der Waals surface area (Å²) >= 11 is 0. The third kappa shape index (κ3) is 3.24.